The Bertz CT molecular complexity index is 228. The summed E-state index contributed by atoms with van der Waals surface area (Å²) in [4.78, 5) is 10.3. The van der Waals surface area contributed by atoms with Crippen LogP contribution in [0.3, 0.4) is 0 Å². The summed E-state index contributed by atoms with van der Waals surface area (Å²) >= 11 is 0. The van der Waals surface area contributed by atoms with Crippen LogP contribution in [0.5, 0.6) is 0 Å². The van der Waals surface area contributed by atoms with Crippen molar-refractivity contribution in [3.63, 3.8) is 0 Å². The summed E-state index contributed by atoms with van der Waals surface area (Å²) in [5.74, 6) is -0.881. The minimum Gasteiger partial charge on any atom is -0.478 e. The largest absolute Gasteiger partial charge is 0.478 e. The molecule has 0 aliphatic rings. The van der Waals surface area contributed by atoms with Crippen LogP contribution in [0.1, 0.15) is 26.2 Å². The summed E-state index contributed by atoms with van der Waals surface area (Å²) in [5.41, 5.74) is 0.362. The van der Waals surface area contributed by atoms with Gasteiger partial charge in [-0.1, -0.05) is 6.08 Å². The number of carboxylic acid groups (broad SMARTS) is 1. The maximum Gasteiger partial charge on any atom is 0.330 e. The minimum atomic E-state index is -0.881. The van der Waals surface area contributed by atoms with Crippen molar-refractivity contribution < 1.29 is 14.6 Å². The first kappa shape index (κ1) is 11.5. The Labute approximate surface area is 77.4 Å². The summed E-state index contributed by atoms with van der Waals surface area (Å²) < 4.78 is 4.46. The van der Waals surface area contributed by atoms with Crippen molar-refractivity contribution in [1.29, 1.82) is 5.26 Å². The van der Waals surface area contributed by atoms with Crippen LogP contribution in [0, 0.1) is 11.5 Å². The standard InChI is InChI=1S/C9H13NO3/c1-8(9(11)12)5-3-2-4-6-13-7-10/h5H,2-4,6H2,1H3,(H,11,12). The number of ether oxygens (including phenoxy) is 1. The molecule has 0 atom stereocenters. The van der Waals surface area contributed by atoms with E-state index in [1.54, 1.807) is 19.3 Å². The number of hydrogen-bond donors (Lipinski definition) is 1. The van der Waals surface area contributed by atoms with Gasteiger partial charge in [0.1, 0.15) is 6.61 Å². The van der Waals surface area contributed by atoms with Gasteiger partial charge in [0.15, 0.2) is 0 Å². The topological polar surface area (TPSA) is 70.3 Å². The molecule has 0 rings (SSSR count). The lowest BCUT2D eigenvalue weighted by Gasteiger charge is -1.95. The van der Waals surface area contributed by atoms with E-state index in [1.807, 2.05) is 0 Å². The molecular weight excluding hydrogens is 170 g/mol. The second-order valence-electron chi connectivity index (χ2n) is 2.63. The fourth-order valence-corrected chi connectivity index (χ4v) is 0.770. The highest BCUT2D eigenvalue weighted by molar-refractivity contribution is 5.85. The van der Waals surface area contributed by atoms with Gasteiger partial charge >= 0.3 is 5.97 Å². The maximum absolute atomic E-state index is 10.3. The minimum absolute atomic E-state index is 0.362. The molecule has 0 fully saturated rings. The zero-order valence-corrected chi connectivity index (χ0v) is 7.62. The van der Waals surface area contributed by atoms with Gasteiger partial charge in [-0.25, -0.2) is 4.79 Å². The Balaban J connectivity index is 3.40. The number of nitriles is 1. The fraction of sp³-hybridized carbons (Fsp3) is 0.556. The monoisotopic (exact) mass is 183 g/mol. The molecule has 0 amide bonds. The molecule has 1 N–H and O–H groups in total. The predicted molar refractivity (Wildman–Crippen MR) is 46.8 cm³/mol. The summed E-state index contributed by atoms with van der Waals surface area (Å²) in [6.45, 7) is 1.98. The van der Waals surface area contributed by atoms with Gasteiger partial charge < -0.3 is 9.84 Å². The van der Waals surface area contributed by atoms with E-state index in [1.165, 1.54) is 0 Å². The molecule has 0 unspecified atom stereocenters. The van der Waals surface area contributed by atoms with Gasteiger partial charge in [0.2, 0.25) is 0 Å². The quantitative estimate of drug-likeness (QED) is 0.386. The third kappa shape index (κ3) is 6.88. The Kier molecular flexibility index (Phi) is 6.34. The van der Waals surface area contributed by atoms with Gasteiger partial charge in [-0.3, -0.25) is 0 Å². The van der Waals surface area contributed by atoms with Gasteiger partial charge in [0.05, 0.1) is 0 Å². The van der Waals surface area contributed by atoms with Crippen LogP contribution in [0.2, 0.25) is 0 Å². The Morgan fingerprint density at radius 3 is 2.85 bits per heavy atom. The van der Waals surface area contributed by atoms with Crippen LogP contribution < -0.4 is 0 Å². The summed E-state index contributed by atoms with van der Waals surface area (Å²) in [6.07, 6.45) is 5.58. The highest BCUT2D eigenvalue weighted by Gasteiger charge is 1.97. The van der Waals surface area contributed by atoms with E-state index in [0.717, 1.165) is 12.8 Å². The third-order valence-corrected chi connectivity index (χ3v) is 1.55. The molecule has 0 radical (unpaired) electrons. The van der Waals surface area contributed by atoms with Gasteiger partial charge in [0, 0.05) is 5.57 Å². The van der Waals surface area contributed by atoms with Crippen molar-refractivity contribution in [1.82, 2.24) is 0 Å². The number of nitrogens with zero attached hydrogens (tertiary/aromatic N) is 1. The van der Waals surface area contributed by atoms with Crippen molar-refractivity contribution in [3.05, 3.63) is 11.6 Å². The zero-order valence-electron chi connectivity index (χ0n) is 7.62. The molecule has 4 heteroatoms. The molecule has 72 valence electrons. The fourth-order valence-electron chi connectivity index (χ4n) is 0.770. The molecule has 0 saturated carbocycles. The molecule has 13 heavy (non-hydrogen) atoms. The molecule has 0 aromatic carbocycles. The van der Waals surface area contributed by atoms with Gasteiger partial charge in [-0.2, -0.15) is 5.26 Å². The van der Waals surface area contributed by atoms with E-state index in [-0.39, 0.29) is 0 Å². The van der Waals surface area contributed by atoms with Gasteiger partial charge in [0.25, 0.3) is 6.26 Å². The predicted octanol–water partition coefficient (Wildman–Crippen LogP) is 1.69. The van der Waals surface area contributed by atoms with Crippen molar-refractivity contribution in [2.45, 2.75) is 26.2 Å². The summed E-state index contributed by atoms with van der Waals surface area (Å²) in [7, 11) is 0. The van der Waals surface area contributed by atoms with Crippen molar-refractivity contribution in [3.8, 4) is 6.26 Å². The lowest BCUT2D eigenvalue weighted by Crippen LogP contribution is -1.95. The molecule has 0 heterocycles. The average molecular weight is 183 g/mol. The molecule has 0 saturated heterocycles. The highest BCUT2D eigenvalue weighted by Crippen LogP contribution is 2.01. The molecule has 0 bridgehead atoms. The third-order valence-electron chi connectivity index (χ3n) is 1.55. The number of carboxylic acids is 1. The first-order chi connectivity index (χ1) is 6.18. The van der Waals surface area contributed by atoms with E-state index >= 15 is 0 Å². The van der Waals surface area contributed by atoms with E-state index < -0.39 is 5.97 Å². The summed E-state index contributed by atoms with van der Waals surface area (Å²) in [6, 6.07) is 0. The lowest BCUT2D eigenvalue weighted by molar-refractivity contribution is -0.132. The summed E-state index contributed by atoms with van der Waals surface area (Å²) in [5, 5.41) is 16.5. The number of rotatable bonds is 6. The van der Waals surface area contributed by atoms with Gasteiger partial charge in [-0.15, -0.1) is 0 Å². The highest BCUT2D eigenvalue weighted by atomic mass is 16.5. The number of carbonyl (C=O) groups is 1. The van der Waals surface area contributed by atoms with Crippen molar-refractivity contribution in [2.24, 2.45) is 0 Å². The van der Waals surface area contributed by atoms with Crippen molar-refractivity contribution in [2.75, 3.05) is 6.61 Å². The molecule has 4 nitrogen and oxygen atoms in total. The van der Waals surface area contributed by atoms with Crippen LogP contribution in [0.15, 0.2) is 11.6 Å². The molecule has 0 aromatic rings. The molecule has 0 aliphatic heterocycles. The van der Waals surface area contributed by atoms with Crippen LogP contribution in [0.4, 0.5) is 0 Å². The molecular formula is C9H13NO3. The van der Waals surface area contributed by atoms with Crippen LogP contribution >= 0.6 is 0 Å². The second kappa shape index (κ2) is 7.17. The zero-order chi connectivity index (χ0) is 10.1. The molecule has 0 aliphatic carbocycles. The Morgan fingerprint density at radius 2 is 2.31 bits per heavy atom. The Hall–Kier alpha value is -1.50. The SMILES string of the molecule is CC(=CCCCCOC#N)C(=O)O. The molecule has 0 aromatic heterocycles. The van der Waals surface area contributed by atoms with Crippen molar-refractivity contribution >= 4 is 5.97 Å². The Morgan fingerprint density at radius 1 is 1.62 bits per heavy atom. The van der Waals surface area contributed by atoms with Crippen LogP contribution in [-0.2, 0) is 9.53 Å². The number of aliphatic carboxylic acids is 1. The van der Waals surface area contributed by atoms with E-state index in [2.05, 4.69) is 4.74 Å². The second-order valence-corrected chi connectivity index (χ2v) is 2.63. The first-order valence-corrected chi connectivity index (χ1v) is 4.09. The normalized spacial score (nSPS) is 10.6. The van der Waals surface area contributed by atoms with Crippen LogP contribution in [-0.4, -0.2) is 17.7 Å². The number of hydrogen-bond acceptors (Lipinski definition) is 3. The maximum atomic E-state index is 10.3. The van der Waals surface area contributed by atoms with Gasteiger partial charge in [-0.05, 0) is 26.2 Å². The average Bonchev–Trinajstić information content (AvgIpc) is 2.10. The van der Waals surface area contributed by atoms with E-state index in [9.17, 15) is 4.79 Å². The number of unbranched alkanes of at least 4 members (excludes halogenated alkanes) is 2. The van der Waals surface area contributed by atoms with E-state index in [4.69, 9.17) is 10.4 Å². The number of allylic oxidation sites excluding steroid dienone is 1. The van der Waals surface area contributed by atoms with Crippen LogP contribution in [0.25, 0.3) is 0 Å². The smallest absolute Gasteiger partial charge is 0.330 e. The first-order valence-electron chi connectivity index (χ1n) is 4.09. The molecule has 0 spiro atoms. The lowest BCUT2D eigenvalue weighted by atomic mass is 10.2. The van der Waals surface area contributed by atoms with E-state index in [0.29, 0.717) is 18.6 Å².